The van der Waals surface area contributed by atoms with E-state index in [1.54, 1.807) is 18.5 Å². The van der Waals surface area contributed by atoms with Crippen molar-refractivity contribution in [1.29, 1.82) is 0 Å². The van der Waals surface area contributed by atoms with Gasteiger partial charge >= 0.3 is 6.03 Å². The highest BCUT2D eigenvalue weighted by Gasteiger charge is 2.30. The number of nitrogens with zero attached hydrogens (tertiary/aromatic N) is 3. The van der Waals surface area contributed by atoms with E-state index in [1.807, 2.05) is 25.7 Å². The molecule has 7 heteroatoms. The van der Waals surface area contributed by atoms with Crippen molar-refractivity contribution in [3.8, 4) is 0 Å². The van der Waals surface area contributed by atoms with Crippen LogP contribution in [0.4, 0.5) is 10.6 Å². The molecule has 2 aromatic heterocycles. The molecule has 2 amide bonds. The number of urea groups is 1. The van der Waals surface area contributed by atoms with Crippen LogP contribution in [0.5, 0.6) is 0 Å². The maximum absolute atomic E-state index is 12.6. The van der Waals surface area contributed by atoms with Gasteiger partial charge in [-0.3, -0.25) is 5.32 Å². The highest BCUT2D eigenvalue weighted by atomic mass is 16.5. The molecule has 7 nitrogen and oxygen atoms in total. The van der Waals surface area contributed by atoms with Crippen LogP contribution in [-0.4, -0.2) is 32.6 Å². The first-order valence-electron chi connectivity index (χ1n) is 7.99. The van der Waals surface area contributed by atoms with Crippen LogP contribution in [0.3, 0.4) is 0 Å². The second-order valence-electron chi connectivity index (χ2n) is 6.94. The summed E-state index contributed by atoms with van der Waals surface area (Å²) in [6.45, 7) is 6.82. The average Bonchev–Trinajstić information content (AvgIpc) is 3.18. The predicted molar refractivity (Wildman–Crippen MR) is 86.1 cm³/mol. The van der Waals surface area contributed by atoms with Crippen LogP contribution in [0.25, 0.3) is 0 Å². The third-order valence-corrected chi connectivity index (χ3v) is 4.08. The molecule has 0 unspecified atom stereocenters. The molecule has 1 aliphatic heterocycles. The quantitative estimate of drug-likeness (QED) is 0.888. The standard InChI is InChI=1S/C16H23N5O2/c1-16(2,3)12-10-13(20-23-12)19-15(22)21-9-5-4-6-11(21)14-17-7-8-18-14/h7-8,10-11H,4-6,9H2,1-3H3,(H,17,18)(H,19,20,22)/t11-/m0/s1. The molecular formula is C16H23N5O2. The van der Waals surface area contributed by atoms with Gasteiger partial charge in [0.1, 0.15) is 11.6 Å². The van der Waals surface area contributed by atoms with Gasteiger partial charge in [-0.2, -0.15) is 0 Å². The van der Waals surface area contributed by atoms with Crippen molar-refractivity contribution >= 4 is 11.8 Å². The van der Waals surface area contributed by atoms with E-state index >= 15 is 0 Å². The molecule has 0 aromatic carbocycles. The highest BCUT2D eigenvalue weighted by Crippen LogP contribution is 2.30. The van der Waals surface area contributed by atoms with Gasteiger partial charge in [-0.25, -0.2) is 9.78 Å². The van der Waals surface area contributed by atoms with Crippen LogP contribution in [-0.2, 0) is 5.41 Å². The molecule has 124 valence electrons. The topological polar surface area (TPSA) is 87.0 Å². The van der Waals surface area contributed by atoms with Gasteiger partial charge in [0.2, 0.25) is 0 Å². The lowest BCUT2D eigenvalue weighted by Crippen LogP contribution is -2.41. The minimum Gasteiger partial charge on any atom is -0.359 e. The summed E-state index contributed by atoms with van der Waals surface area (Å²) in [5.41, 5.74) is -0.141. The lowest BCUT2D eigenvalue weighted by Gasteiger charge is -2.34. The number of imidazole rings is 1. The summed E-state index contributed by atoms with van der Waals surface area (Å²) in [7, 11) is 0. The first-order chi connectivity index (χ1) is 10.9. The Morgan fingerprint density at radius 1 is 1.43 bits per heavy atom. The number of likely N-dealkylation sites (tertiary alicyclic amines) is 1. The van der Waals surface area contributed by atoms with Gasteiger partial charge in [-0.15, -0.1) is 0 Å². The molecule has 0 saturated carbocycles. The summed E-state index contributed by atoms with van der Waals surface area (Å²) in [4.78, 5) is 21.9. The van der Waals surface area contributed by atoms with Gasteiger partial charge < -0.3 is 14.4 Å². The molecule has 3 rings (SSSR count). The molecule has 0 spiro atoms. The minimum absolute atomic E-state index is 0.0206. The number of amides is 2. The summed E-state index contributed by atoms with van der Waals surface area (Å²) in [6.07, 6.45) is 6.50. The van der Waals surface area contributed by atoms with E-state index in [0.29, 0.717) is 12.4 Å². The summed E-state index contributed by atoms with van der Waals surface area (Å²) in [5, 5.41) is 6.78. The molecule has 1 fully saturated rings. The molecule has 0 bridgehead atoms. The molecule has 1 aliphatic rings. The van der Waals surface area contributed by atoms with Crippen LogP contribution in [0.15, 0.2) is 23.0 Å². The van der Waals surface area contributed by atoms with Crippen molar-refractivity contribution < 1.29 is 9.32 Å². The maximum Gasteiger partial charge on any atom is 0.323 e. The van der Waals surface area contributed by atoms with Crippen molar-refractivity contribution in [3.05, 3.63) is 30.0 Å². The Kier molecular flexibility index (Phi) is 4.11. The van der Waals surface area contributed by atoms with Crippen molar-refractivity contribution in [2.24, 2.45) is 0 Å². The van der Waals surface area contributed by atoms with E-state index in [-0.39, 0.29) is 17.5 Å². The smallest absolute Gasteiger partial charge is 0.323 e. The van der Waals surface area contributed by atoms with Crippen LogP contribution in [0.1, 0.15) is 57.7 Å². The fraction of sp³-hybridized carbons (Fsp3) is 0.562. The van der Waals surface area contributed by atoms with Gasteiger partial charge in [0.05, 0.1) is 6.04 Å². The van der Waals surface area contributed by atoms with E-state index in [9.17, 15) is 4.79 Å². The zero-order valence-corrected chi connectivity index (χ0v) is 13.8. The maximum atomic E-state index is 12.6. The van der Waals surface area contributed by atoms with Gasteiger partial charge in [-0.05, 0) is 19.3 Å². The third-order valence-electron chi connectivity index (χ3n) is 4.08. The third kappa shape index (κ3) is 3.38. The van der Waals surface area contributed by atoms with Crippen LogP contribution < -0.4 is 5.32 Å². The Bertz CT molecular complexity index is 656. The second kappa shape index (κ2) is 6.06. The van der Waals surface area contributed by atoms with Crippen molar-refractivity contribution in [2.45, 2.75) is 51.5 Å². The zero-order valence-electron chi connectivity index (χ0n) is 13.8. The van der Waals surface area contributed by atoms with E-state index in [4.69, 9.17) is 4.52 Å². The van der Waals surface area contributed by atoms with E-state index in [2.05, 4.69) is 20.4 Å². The fourth-order valence-electron chi connectivity index (χ4n) is 2.79. The number of rotatable bonds is 2. The molecular weight excluding hydrogens is 294 g/mol. The van der Waals surface area contributed by atoms with E-state index in [0.717, 1.165) is 30.8 Å². The van der Waals surface area contributed by atoms with Gasteiger partial charge in [0.15, 0.2) is 5.82 Å². The number of carbonyl (C=O) groups excluding carboxylic acids is 1. The number of anilines is 1. The lowest BCUT2D eigenvalue weighted by molar-refractivity contribution is 0.159. The largest absolute Gasteiger partial charge is 0.359 e. The Balaban J connectivity index is 1.72. The SMILES string of the molecule is CC(C)(C)c1cc(NC(=O)N2CCCC[C@H]2c2ncc[nH]2)no1. The molecule has 3 heterocycles. The Labute approximate surface area is 135 Å². The van der Waals surface area contributed by atoms with Crippen LogP contribution >= 0.6 is 0 Å². The Hall–Kier alpha value is -2.31. The first kappa shape index (κ1) is 15.6. The number of hydrogen-bond donors (Lipinski definition) is 2. The second-order valence-corrected chi connectivity index (χ2v) is 6.94. The number of nitrogens with one attached hydrogen (secondary N) is 2. The molecule has 1 saturated heterocycles. The number of aromatic nitrogens is 3. The van der Waals surface area contributed by atoms with Gasteiger partial charge in [-0.1, -0.05) is 25.9 Å². The summed E-state index contributed by atoms with van der Waals surface area (Å²) >= 11 is 0. The average molecular weight is 317 g/mol. The van der Waals surface area contributed by atoms with Crippen LogP contribution in [0.2, 0.25) is 0 Å². The molecule has 0 aliphatic carbocycles. The molecule has 2 aromatic rings. The van der Waals surface area contributed by atoms with Gasteiger partial charge in [0.25, 0.3) is 0 Å². The zero-order chi connectivity index (χ0) is 16.4. The predicted octanol–water partition coefficient (Wildman–Crippen LogP) is 3.45. The number of piperidine rings is 1. The highest BCUT2D eigenvalue weighted by molar-refractivity contribution is 5.88. The monoisotopic (exact) mass is 317 g/mol. The summed E-state index contributed by atoms with van der Waals surface area (Å²) in [5.74, 6) is 2.02. The van der Waals surface area contributed by atoms with Crippen molar-refractivity contribution in [1.82, 2.24) is 20.0 Å². The molecule has 0 radical (unpaired) electrons. The number of aromatic amines is 1. The first-order valence-corrected chi connectivity index (χ1v) is 7.99. The van der Waals surface area contributed by atoms with Gasteiger partial charge in [0, 0.05) is 30.4 Å². The van der Waals surface area contributed by atoms with Crippen molar-refractivity contribution in [2.75, 3.05) is 11.9 Å². The number of carbonyl (C=O) groups is 1. The van der Waals surface area contributed by atoms with E-state index < -0.39 is 0 Å². The molecule has 1 atom stereocenters. The van der Waals surface area contributed by atoms with Crippen molar-refractivity contribution in [3.63, 3.8) is 0 Å². The minimum atomic E-state index is -0.167. The molecule has 23 heavy (non-hydrogen) atoms. The summed E-state index contributed by atoms with van der Waals surface area (Å²) < 4.78 is 5.31. The fourth-order valence-corrected chi connectivity index (χ4v) is 2.79. The van der Waals surface area contributed by atoms with Crippen LogP contribution in [0, 0.1) is 0 Å². The number of H-pyrrole nitrogens is 1. The van der Waals surface area contributed by atoms with E-state index in [1.165, 1.54) is 0 Å². The lowest BCUT2D eigenvalue weighted by atomic mass is 9.93. The Morgan fingerprint density at radius 3 is 2.91 bits per heavy atom. The number of hydrogen-bond acceptors (Lipinski definition) is 4. The summed E-state index contributed by atoms with van der Waals surface area (Å²) in [6, 6.07) is 1.59. The normalized spacial score (nSPS) is 18.9. The molecule has 2 N–H and O–H groups in total. The Morgan fingerprint density at radius 2 is 2.26 bits per heavy atom.